The van der Waals surface area contributed by atoms with Gasteiger partial charge in [0.2, 0.25) is 0 Å². The molecule has 1 aliphatic carbocycles. The summed E-state index contributed by atoms with van der Waals surface area (Å²) in [4.78, 5) is 32.8. The van der Waals surface area contributed by atoms with E-state index < -0.39 is 5.91 Å². The lowest BCUT2D eigenvalue weighted by Gasteiger charge is -2.13. The molecule has 0 radical (unpaired) electrons. The Labute approximate surface area is 185 Å². The molecule has 0 aliphatic heterocycles. The van der Waals surface area contributed by atoms with Gasteiger partial charge in [0, 0.05) is 37.3 Å². The molecule has 3 aromatic rings. The largest absolute Gasteiger partial charge is 0.382 e. The van der Waals surface area contributed by atoms with Crippen LogP contribution in [0.15, 0.2) is 49.1 Å². The molecule has 1 saturated carbocycles. The van der Waals surface area contributed by atoms with Crippen LogP contribution in [0.1, 0.15) is 45.7 Å². The maximum Gasteiger partial charge on any atom is 0.278 e. The molecule has 0 bridgehead atoms. The SMILES string of the molecule is CO[C@@H]1CC[C@@H](NC(=O)c2cccc(Cn3cc(NC(=O)c4nccnc4N)cn3)c2)C1. The van der Waals surface area contributed by atoms with Crippen molar-refractivity contribution < 1.29 is 14.3 Å². The average Bonchev–Trinajstić information content (AvgIpc) is 3.43. The second-order valence-corrected chi connectivity index (χ2v) is 7.71. The van der Waals surface area contributed by atoms with Crippen molar-refractivity contribution in [2.75, 3.05) is 18.2 Å². The van der Waals surface area contributed by atoms with E-state index in [0.717, 1.165) is 24.8 Å². The second-order valence-electron chi connectivity index (χ2n) is 7.71. The number of carbonyl (C=O) groups excluding carboxylic acids is 2. The Bertz CT molecular complexity index is 1110. The first-order chi connectivity index (χ1) is 15.5. The third-order valence-electron chi connectivity index (χ3n) is 5.42. The Kier molecular flexibility index (Phi) is 6.41. The number of amides is 2. The Morgan fingerprint density at radius 1 is 1.22 bits per heavy atom. The average molecular weight is 435 g/mol. The standard InChI is InChI=1S/C22H25N7O3/c1-32-18-6-5-16(10-18)27-21(30)15-4-2-3-14(9-15)12-29-13-17(11-26-29)28-22(31)19-20(23)25-8-7-24-19/h2-4,7-9,11,13,16,18H,5-6,10,12H2,1H3,(H2,23,25)(H,27,30)(H,28,31)/t16-,18-/m1/s1. The molecular formula is C22H25N7O3. The Morgan fingerprint density at radius 3 is 2.84 bits per heavy atom. The van der Waals surface area contributed by atoms with Crippen LogP contribution in [0.25, 0.3) is 0 Å². The summed E-state index contributed by atoms with van der Waals surface area (Å²) in [5.74, 6) is -0.497. The van der Waals surface area contributed by atoms with Crippen molar-refractivity contribution in [2.24, 2.45) is 0 Å². The van der Waals surface area contributed by atoms with Gasteiger partial charge in [0.25, 0.3) is 11.8 Å². The van der Waals surface area contributed by atoms with Crippen LogP contribution >= 0.6 is 0 Å². The van der Waals surface area contributed by atoms with Gasteiger partial charge >= 0.3 is 0 Å². The molecule has 1 aromatic carbocycles. The van der Waals surface area contributed by atoms with Gasteiger partial charge in [0.15, 0.2) is 11.5 Å². The van der Waals surface area contributed by atoms with E-state index in [4.69, 9.17) is 10.5 Å². The first-order valence-corrected chi connectivity index (χ1v) is 10.3. The highest BCUT2D eigenvalue weighted by Gasteiger charge is 2.26. The van der Waals surface area contributed by atoms with E-state index in [1.807, 2.05) is 18.2 Å². The summed E-state index contributed by atoms with van der Waals surface area (Å²) >= 11 is 0. The lowest BCUT2D eigenvalue weighted by atomic mass is 10.1. The van der Waals surface area contributed by atoms with E-state index in [1.54, 1.807) is 24.1 Å². The fourth-order valence-corrected chi connectivity index (χ4v) is 3.78. The minimum Gasteiger partial charge on any atom is -0.382 e. The third kappa shape index (κ3) is 5.09. The summed E-state index contributed by atoms with van der Waals surface area (Å²) in [5.41, 5.74) is 7.76. The lowest BCUT2D eigenvalue weighted by Crippen LogP contribution is -2.33. The van der Waals surface area contributed by atoms with Gasteiger partial charge in [-0.15, -0.1) is 0 Å². The van der Waals surface area contributed by atoms with Crippen molar-refractivity contribution in [2.45, 2.75) is 38.0 Å². The zero-order valence-electron chi connectivity index (χ0n) is 17.7. The normalized spacial score (nSPS) is 17.8. The first-order valence-electron chi connectivity index (χ1n) is 10.3. The van der Waals surface area contributed by atoms with Crippen molar-refractivity contribution >= 4 is 23.3 Å². The van der Waals surface area contributed by atoms with E-state index in [0.29, 0.717) is 17.8 Å². The van der Waals surface area contributed by atoms with Crippen LogP contribution in [-0.2, 0) is 11.3 Å². The molecule has 2 atom stereocenters. The van der Waals surface area contributed by atoms with Gasteiger partial charge in [0.1, 0.15) is 0 Å². The smallest absolute Gasteiger partial charge is 0.278 e. The molecule has 10 nitrogen and oxygen atoms in total. The van der Waals surface area contributed by atoms with Crippen LogP contribution in [0.2, 0.25) is 0 Å². The van der Waals surface area contributed by atoms with Crippen LogP contribution in [-0.4, -0.2) is 50.8 Å². The lowest BCUT2D eigenvalue weighted by molar-refractivity contribution is 0.0914. The van der Waals surface area contributed by atoms with E-state index in [-0.39, 0.29) is 29.6 Å². The van der Waals surface area contributed by atoms with Crippen molar-refractivity contribution in [3.8, 4) is 0 Å². The van der Waals surface area contributed by atoms with E-state index >= 15 is 0 Å². The van der Waals surface area contributed by atoms with Gasteiger partial charge in [-0.05, 0) is 37.0 Å². The molecule has 10 heteroatoms. The molecule has 0 saturated heterocycles. The molecule has 2 amide bonds. The van der Waals surface area contributed by atoms with Crippen molar-refractivity contribution in [3.63, 3.8) is 0 Å². The fourth-order valence-electron chi connectivity index (χ4n) is 3.78. The molecular weight excluding hydrogens is 410 g/mol. The highest BCUT2D eigenvalue weighted by molar-refractivity contribution is 6.05. The van der Waals surface area contributed by atoms with Gasteiger partial charge in [-0.3, -0.25) is 14.3 Å². The van der Waals surface area contributed by atoms with E-state index in [9.17, 15) is 9.59 Å². The number of benzene rings is 1. The predicted molar refractivity (Wildman–Crippen MR) is 118 cm³/mol. The molecule has 1 fully saturated rings. The number of hydrogen-bond donors (Lipinski definition) is 3. The van der Waals surface area contributed by atoms with Crippen LogP contribution < -0.4 is 16.4 Å². The number of nitrogens with zero attached hydrogens (tertiary/aromatic N) is 4. The summed E-state index contributed by atoms with van der Waals surface area (Å²) in [6.45, 7) is 0.444. The number of anilines is 2. The van der Waals surface area contributed by atoms with Crippen LogP contribution in [0.5, 0.6) is 0 Å². The summed E-state index contributed by atoms with van der Waals surface area (Å²) in [7, 11) is 1.70. The maximum atomic E-state index is 12.6. The van der Waals surface area contributed by atoms with Gasteiger partial charge in [-0.2, -0.15) is 5.10 Å². The zero-order valence-corrected chi connectivity index (χ0v) is 17.7. The number of nitrogens with two attached hydrogens (primary N) is 1. The molecule has 0 unspecified atom stereocenters. The quantitative estimate of drug-likeness (QED) is 0.515. The number of nitrogens with one attached hydrogen (secondary N) is 2. The highest BCUT2D eigenvalue weighted by atomic mass is 16.5. The van der Waals surface area contributed by atoms with Gasteiger partial charge in [-0.25, -0.2) is 9.97 Å². The molecule has 0 spiro atoms. The third-order valence-corrected chi connectivity index (χ3v) is 5.42. The predicted octanol–water partition coefficient (Wildman–Crippen LogP) is 1.85. The molecule has 2 aromatic heterocycles. The number of hydrogen-bond acceptors (Lipinski definition) is 7. The summed E-state index contributed by atoms with van der Waals surface area (Å²) < 4.78 is 7.04. The zero-order chi connectivity index (χ0) is 22.5. The van der Waals surface area contributed by atoms with Crippen molar-refractivity contribution in [1.82, 2.24) is 25.1 Å². The molecule has 4 N–H and O–H groups in total. The second kappa shape index (κ2) is 9.56. The number of ether oxygens (including phenoxy) is 1. The van der Waals surface area contributed by atoms with Crippen LogP contribution in [0.4, 0.5) is 11.5 Å². The minimum absolute atomic E-state index is 0.0537. The maximum absolute atomic E-state index is 12.6. The summed E-state index contributed by atoms with van der Waals surface area (Å²) in [6.07, 6.45) is 8.99. The summed E-state index contributed by atoms with van der Waals surface area (Å²) in [5, 5.41) is 10.1. The molecule has 4 rings (SSSR count). The summed E-state index contributed by atoms with van der Waals surface area (Å²) in [6, 6.07) is 7.55. The number of rotatable bonds is 7. The molecule has 1 aliphatic rings. The van der Waals surface area contributed by atoms with Gasteiger partial charge in [-0.1, -0.05) is 12.1 Å². The van der Waals surface area contributed by atoms with E-state index in [1.165, 1.54) is 18.6 Å². The molecule has 166 valence electrons. The molecule has 2 heterocycles. The Balaban J connectivity index is 1.37. The number of nitrogen functional groups attached to an aromatic ring is 1. The van der Waals surface area contributed by atoms with Crippen molar-refractivity contribution in [1.29, 1.82) is 0 Å². The monoisotopic (exact) mass is 435 g/mol. The first kappa shape index (κ1) is 21.4. The Morgan fingerprint density at radius 2 is 2.06 bits per heavy atom. The van der Waals surface area contributed by atoms with Gasteiger partial charge < -0.3 is 21.1 Å². The van der Waals surface area contributed by atoms with Gasteiger partial charge in [0.05, 0.1) is 24.5 Å². The molecule has 32 heavy (non-hydrogen) atoms. The number of carbonyl (C=O) groups is 2. The van der Waals surface area contributed by atoms with Crippen molar-refractivity contribution in [3.05, 3.63) is 65.9 Å². The van der Waals surface area contributed by atoms with E-state index in [2.05, 4.69) is 25.7 Å². The highest BCUT2D eigenvalue weighted by Crippen LogP contribution is 2.22. The fraction of sp³-hybridized carbons (Fsp3) is 0.318. The topological polar surface area (TPSA) is 137 Å². The minimum atomic E-state index is -0.462. The van der Waals surface area contributed by atoms with Crippen LogP contribution in [0, 0.1) is 0 Å². The number of aromatic nitrogens is 4. The number of methoxy groups -OCH3 is 1. The van der Waals surface area contributed by atoms with Crippen LogP contribution in [0.3, 0.4) is 0 Å². The Hall–Kier alpha value is -3.79.